The lowest BCUT2D eigenvalue weighted by Gasteiger charge is -2.33. The van der Waals surface area contributed by atoms with Crippen LogP contribution in [0.2, 0.25) is 0 Å². The molecule has 0 unspecified atom stereocenters. The first kappa shape index (κ1) is 12.6. The third-order valence-corrected chi connectivity index (χ3v) is 4.32. The summed E-state index contributed by atoms with van der Waals surface area (Å²) >= 11 is 0. The Labute approximate surface area is 106 Å². The van der Waals surface area contributed by atoms with Crippen molar-refractivity contribution in [2.45, 2.75) is 57.9 Å². The molecule has 0 atom stereocenters. The molecule has 0 aliphatic heterocycles. The van der Waals surface area contributed by atoms with Gasteiger partial charge in [-0.1, -0.05) is 43.7 Å². The molecule has 17 heavy (non-hydrogen) atoms. The van der Waals surface area contributed by atoms with Crippen molar-refractivity contribution < 1.29 is 0 Å². The van der Waals surface area contributed by atoms with Crippen molar-refractivity contribution in [2.75, 3.05) is 6.54 Å². The Balaban J connectivity index is 2.15. The van der Waals surface area contributed by atoms with Gasteiger partial charge in [-0.25, -0.2) is 0 Å². The van der Waals surface area contributed by atoms with E-state index in [2.05, 4.69) is 50.4 Å². The molecule has 0 saturated heterocycles. The molecule has 1 N–H and O–H groups in total. The molecule has 1 fully saturated rings. The maximum Gasteiger partial charge on any atom is 0.00726 e. The van der Waals surface area contributed by atoms with Crippen molar-refractivity contribution in [1.29, 1.82) is 0 Å². The maximum absolute atomic E-state index is 3.71. The fraction of sp³-hybridized carbons (Fsp3) is 0.625. The lowest BCUT2D eigenvalue weighted by atomic mass is 9.75. The van der Waals surface area contributed by atoms with Crippen LogP contribution >= 0.6 is 0 Å². The van der Waals surface area contributed by atoms with Gasteiger partial charge in [0.1, 0.15) is 0 Å². The van der Waals surface area contributed by atoms with Gasteiger partial charge in [0.25, 0.3) is 0 Å². The second-order valence-corrected chi connectivity index (χ2v) is 5.51. The van der Waals surface area contributed by atoms with Gasteiger partial charge in [-0.3, -0.25) is 0 Å². The maximum atomic E-state index is 3.71. The minimum Gasteiger partial charge on any atom is -0.313 e. The monoisotopic (exact) mass is 231 g/mol. The largest absolute Gasteiger partial charge is 0.313 e. The molecule has 0 radical (unpaired) electrons. The summed E-state index contributed by atoms with van der Waals surface area (Å²) in [4.78, 5) is 0. The van der Waals surface area contributed by atoms with E-state index in [4.69, 9.17) is 0 Å². The molecule has 0 spiro atoms. The molecular weight excluding hydrogens is 206 g/mol. The van der Waals surface area contributed by atoms with E-state index in [9.17, 15) is 0 Å². The number of rotatable bonds is 6. The van der Waals surface area contributed by atoms with Crippen LogP contribution in [-0.4, -0.2) is 12.6 Å². The van der Waals surface area contributed by atoms with Crippen LogP contribution in [0.1, 0.15) is 50.7 Å². The van der Waals surface area contributed by atoms with E-state index in [-0.39, 0.29) is 0 Å². The minimum atomic E-state index is 0.330. The Bertz CT molecular complexity index is 344. The zero-order chi connectivity index (χ0) is 12.3. The lowest BCUT2D eigenvalue weighted by molar-refractivity contribution is 0.367. The average Bonchev–Trinajstić information content (AvgIpc) is 3.17. The third kappa shape index (κ3) is 2.90. The van der Waals surface area contributed by atoms with Crippen molar-refractivity contribution >= 4 is 0 Å². The quantitative estimate of drug-likeness (QED) is 0.785. The number of benzene rings is 1. The molecule has 0 aromatic heterocycles. The SMILES string of the molecule is CCC(CC)(CNC1CC1)c1ccc(C)cc1. The molecule has 0 amide bonds. The highest BCUT2D eigenvalue weighted by Crippen LogP contribution is 2.32. The van der Waals surface area contributed by atoms with Crippen LogP contribution in [0.15, 0.2) is 24.3 Å². The lowest BCUT2D eigenvalue weighted by Crippen LogP contribution is -2.38. The van der Waals surface area contributed by atoms with Crippen molar-refractivity contribution in [1.82, 2.24) is 5.32 Å². The summed E-state index contributed by atoms with van der Waals surface area (Å²) in [6, 6.07) is 9.92. The first-order valence-corrected chi connectivity index (χ1v) is 7.00. The van der Waals surface area contributed by atoms with Crippen molar-refractivity contribution in [2.24, 2.45) is 0 Å². The van der Waals surface area contributed by atoms with Crippen LogP contribution in [0.5, 0.6) is 0 Å². The van der Waals surface area contributed by atoms with E-state index in [0.717, 1.165) is 12.6 Å². The molecule has 1 heteroatoms. The fourth-order valence-corrected chi connectivity index (χ4v) is 2.54. The average molecular weight is 231 g/mol. The van der Waals surface area contributed by atoms with Crippen LogP contribution < -0.4 is 5.32 Å². The zero-order valence-electron chi connectivity index (χ0n) is 11.4. The predicted octanol–water partition coefficient (Wildman–Crippen LogP) is 3.80. The molecule has 1 aliphatic rings. The summed E-state index contributed by atoms with van der Waals surface area (Å²) in [6.07, 6.45) is 5.17. The van der Waals surface area contributed by atoms with Gasteiger partial charge in [-0.2, -0.15) is 0 Å². The normalized spacial score (nSPS) is 16.2. The predicted molar refractivity (Wildman–Crippen MR) is 74.5 cm³/mol. The highest BCUT2D eigenvalue weighted by molar-refractivity contribution is 5.29. The van der Waals surface area contributed by atoms with Gasteiger partial charge in [0.15, 0.2) is 0 Å². The van der Waals surface area contributed by atoms with E-state index in [1.807, 2.05) is 0 Å². The third-order valence-electron chi connectivity index (χ3n) is 4.32. The molecule has 2 rings (SSSR count). The number of hydrogen-bond acceptors (Lipinski definition) is 1. The first-order chi connectivity index (χ1) is 8.20. The van der Waals surface area contributed by atoms with Crippen LogP contribution in [-0.2, 0) is 5.41 Å². The summed E-state index contributed by atoms with van der Waals surface area (Å²) in [5.41, 5.74) is 3.18. The highest BCUT2D eigenvalue weighted by atomic mass is 15.0. The summed E-state index contributed by atoms with van der Waals surface area (Å²) in [5, 5.41) is 3.71. The number of nitrogens with one attached hydrogen (secondary N) is 1. The molecule has 0 bridgehead atoms. The molecule has 1 aromatic rings. The fourth-order valence-electron chi connectivity index (χ4n) is 2.54. The smallest absolute Gasteiger partial charge is 0.00726 e. The Morgan fingerprint density at radius 2 is 1.71 bits per heavy atom. The van der Waals surface area contributed by atoms with Crippen LogP contribution in [0.3, 0.4) is 0 Å². The topological polar surface area (TPSA) is 12.0 Å². The first-order valence-electron chi connectivity index (χ1n) is 7.00. The van der Waals surface area contributed by atoms with E-state index in [1.165, 1.54) is 36.8 Å². The molecular formula is C16H25N. The van der Waals surface area contributed by atoms with Crippen LogP contribution in [0.25, 0.3) is 0 Å². The second-order valence-electron chi connectivity index (χ2n) is 5.51. The van der Waals surface area contributed by atoms with E-state index >= 15 is 0 Å². The van der Waals surface area contributed by atoms with Crippen molar-refractivity contribution in [3.63, 3.8) is 0 Å². The van der Waals surface area contributed by atoms with Crippen LogP contribution in [0, 0.1) is 6.92 Å². The van der Waals surface area contributed by atoms with E-state index in [0.29, 0.717) is 5.41 Å². The number of hydrogen-bond donors (Lipinski definition) is 1. The van der Waals surface area contributed by atoms with Gasteiger partial charge >= 0.3 is 0 Å². The summed E-state index contributed by atoms with van der Waals surface area (Å²) in [5.74, 6) is 0. The molecule has 1 aromatic carbocycles. The van der Waals surface area contributed by atoms with E-state index in [1.54, 1.807) is 0 Å². The number of aryl methyl sites for hydroxylation is 1. The van der Waals surface area contributed by atoms with Gasteiger partial charge in [-0.15, -0.1) is 0 Å². The molecule has 0 heterocycles. The second kappa shape index (κ2) is 5.22. The minimum absolute atomic E-state index is 0.330. The molecule has 94 valence electrons. The summed E-state index contributed by atoms with van der Waals surface area (Å²) < 4.78 is 0. The summed E-state index contributed by atoms with van der Waals surface area (Å²) in [6.45, 7) is 7.93. The Morgan fingerprint density at radius 1 is 1.12 bits per heavy atom. The highest BCUT2D eigenvalue weighted by Gasteiger charge is 2.31. The molecule has 1 saturated carbocycles. The Morgan fingerprint density at radius 3 is 2.18 bits per heavy atom. The molecule has 1 aliphatic carbocycles. The van der Waals surface area contributed by atoms with Gasteiger partial charge in [0.05, 0.1) is 0 Å². The van der Waals surface area contributed by atoms with E-state index < -0.39 is 0 Å². The van der Waals surface area contributed by atoms with Gasteiger partial charge in [0, 0.05) is 18.0 Å². The van der Waals surface area contributed by atoms with Crippen molar-refractivity contribution in [3.05, 3.63) is 35.4 Å². The molecule has 1 nitrogen and oxygen atoms in total. The van der Waals surface area contributed by atoms with Gasteiger partial charge in [-0.05, 0) is 38.2 Å². The van der Waals surface area contributed by atoms with Gasteiger partial charge < -0.3 is 5.32 Å². The zero-order valence-corrected chi connectivity index (χ0v) is 11.4. The standard InChI is InChI=1S/C16H25N/c1-4-16(5-2,12-17-15-10-11-15)14-8-6-13(3)7-9-14/h6-9,15,17H,4-5,10-12H2,1-3H3. The Hall–Kier alpha value is -0.820. The summed E-state index contributed by atoms with van der Waals surface area (Å²) in [7, 11) is 0. The van der Waals surface area contributed by atoms with Crippen LogP contribution in [0.4, 0.5) is 0 Å². The Kier molecular flexibility index (Phi) is 3.88. The van der Waals surface area contributed by atoms with Gasteiger partial charge in [0.2, 0.25) is 0 Å². The van der Waals surface area contributed by atoms with Crippen molar-refractivity contribution in [3.8, 4) is 0 Å².